The van der Waals surface area contributed by atoms with Crippen LogP contribution in [0.5, 0.6) is 0 Å². The maximum Gasteiger partial charge on any atom is 0.243 e. The quantitative estimate of drug-likeness (QED) is 0.498. The smallest absolute Gasteiger partial charge is 0.243 e. The number of morpholine rings is 1. The highest BCUT2D eigenvalue weighted by atomic mass is 16.5. The highest BCUT2D eigenvalue weighted by molar-refractivity contribution is 5.85. The van der Waals surface area contributed by atoms with Gasteiger partial charge in [-0.3, -0.25) is 9.69 Å². The second kappa shape index (κ2) is 11.2. The molecule has 0 atom stereocenters. The van der Waals surface area contributed by atoms with E-state index in [2.05, 4.69) is 20.5 Å². The molecule has 0 spiro atoms. The van der Waals surface area contributed by atoms with E-state index < -0.39 is 0 Å². The first-order chi connectivity index (χ1) is 14.1. The zero-order chi connectivity index (χ0) is 20.5. The van der Waals surface area contributed by atoms with Crippen LogP contribution in [0.25, 0.3) is 0 Å². The van der Waals surface area contributed by atoms with Crippen molar-refractivity contribution in [1.82, 2.24) is 20.4 Å². The van der Waals surface area contributed by atoms with Crippen LogP contribution in [0.1, 0.15) is 57.8 Å². The van der Waals surface area contributed by atoms with E-state index in [0.29, 0.717) is 11.5 Å². The number of nitrogens with one attached hydrogen (secondary N) is 2. The highest BCUT2D eigenvalue weighted by Crippen LogP contribution is 2.36. The Bertz CT molecular complexity index is 533. The van der Waals surface area contributed by atoms with Crippen LogP contribution >= 0.6 is 0 Å². The molecule has 0 radical (unpaired) electrons. The molecule has 2 saturated carbocycles. The lowest BCUT2D eigenvalue weighted by atomic mass is 9.73. The van der Waals surface area contributed by atoms with Gasteiger partial charge in [0.25, 0.3) is 0 Å². The van der Waals surface area contributed by atoms with Gasteiger partial charge in [-0.25, -0.2) is 4.99 Å². The number of likely N-dealkylation sites (N-methyl/N-ethyl adjacent to an activating group) is 1. The molecule has 1 amide bonds. The van der Waals surface area contributed by atoms with Gasteiger partial charge in [-0.1, -0.05) is 32.1 Å². The van der Waals surface area contributed by atoms with Crippen LogP contribution < -0.4 is 10.6 Å². The molecule has 1 saturated heterocycles. The van der Waals surface area contributed by atoms with Gasteiger partial charge in [-0.05, 0) is 25.7 Å². The number of rotatable bonds is 7. The Morgan fingerprint density at radius 1 is 1.10 bits per heavy atom. The Balaban J connectivity index is 1.62. The van der Waals surface area contributed by atoms with E-state index in [4.69, 9.17) is 4.74 Å². The maximum atomic E-state index is 12.1. The molecule has 1 heterocycles. The summed E-state index contributed by atoms with van der Waals surface area (Å²) < 4.78 is 5.55. The molecule has 0 bridgehead atoms. The molecule has 3 rings (SSSR count). The third-order valence-electron chi connectivity index (χ3n) is 6.78. The van der Waals surface area contributed by atoms with Gasteiger partial charge < -0.3 is 20.3 Å². The number of ether oxygens (including phenoxy) is 1. The van der Waals surface area contributed by atoms with Crippen LogP contribution in [0.3, 0.4) is 0 Å². The Kier molecular flexibility index (Phi) is 8.60. The van der Waals surface area contributed by atoms with Crippen LogP contribution in [0.4, 0.5) is 0 Å². The second-order valence-electron chi connectivity index (χ2n) is 9.38. The lowest BCUT2D eigenvalue weighted by Crippen LogP contribution is -2.52. The van der Waals surface area contributed by atoms with Crippen molar-refractivity contribution in [2.75, 3.05) is 60.0 Å². The predicted molar refractivity (Wildman–Crippen MR) is 117 cm³/mol. The lowest BCUT2D eigenvalue weighted by Gasteiger charge is -2.42. The second-order valence-corrected chi connectivity index (χ2v) is 9.38. The predicted octanol–water partition coefficient (Wildman–Crippen LogP) is 1.84. The molecular formula is C22H41N5O2. The number of hydrogen-bond donors (Lipinski definition) is 2. The van der Waals surface area contributed by atoms with Crippen LogP contribution in [-0.4, -0.2) is 87.7 Å². The minimum Gasteiger partial charge on any atom is -0.379 e. The van der Waals surface area contributed by atoms with Crippen LogP contribution in [-0.2, 0) is 9.53 Å². The fraction of sp³-hybridized carbons (Fsp3) is 0.909. The topological polar surface area (TPSA) is 69.2 Å². The Labute approximate surface area is 176 Å². The SMILES string of the molecule is CN(C)C(=O)CN=C(NCC1(CN2CCOCC2)CCCCC1)NC1CCCC1. The molecule has 0 unspecified atom stereocenters. The highest BCUT2D eigenvalue weighted by Gasteiger charge is 2.34. The van der Waals surface area contributed by atoms with E-state index in [0.717, 1.165) is 45.4 Å². The Hall–Kier alpha value is -1.34. The number of hydrogen-bond acceptors (Lipinski definition) is 4. The van der Waals surface area contributed by atoms with Crippen molar-refractivity contribution in [2.24, 2.45) is 10.4 Å². The Morgan fingerprint density at radius 3 is 2.45 bits per heavy atom. The molecule has 0 aromatic heterocycles. The largest absolute Gasteiger partial charge is 0.379 e. The summed E-state index contributed by atoms with van der Waals surface area (Å²) in [5, 5.41) is 7.26. The molecule has 1 aliphatic heterocycles. The summed E-state index contributed by atoms with van der Waals surface area (Å²) in [4.78, 5) is 20.9. The number of guanidine groups is 1. The molecule has 0 aromatic rings. The molecule has 7 nitrogen and oxygen atoms in total. The third kappa shape index (κ3) is 7.14. The minimum atomic E-state index is 0.0400. The molecular weight excluding hydrogens is 366 g/mol. The molecule has 2 aliphatic carbocycles. The van der Waals surface area contributed by atoms with Gasteiger partial charge in [0, 0.05) is 51.7 Å². The molecule has 29 heavy (non-hydrogen) atoms. The summed E-state index contributed by atoms with van der Waals surface area (Å²) >= 11 is 0. The summed E-state index contributed by atoms with van der Waals surface area (Å²) in [6.07, 6.45) is 11.5. The molecule has 3 aliphatic rings. The Morgan fingerprint density at radius 2 is 1.79 bits per heavy atom. The van der Waals surface area contributed by atoms with Gasteiger partial charge >= 0.3 is 0 Å². The molecule has 2 N–H and O–H groups in total. The number of aliphatic imine (C=N–C) groups is 1. The van der Waals surface area contributed by atoms with Crippen molar-refractivity contribution < 1.29 is 9.53 Å². The van der Waals surface area contributed by atoms with E-state index in [-0.39, 0.29) is 12.5 Å². The average molecular weight is 408 g/mol. The van der Waals surface area contributed by atoms with Crippen molar-refractivity contribution in [2.45, 2.75) is 63.8 Å². The van der Waals surface area contributed by atoms with E-state index in [1.54, 1.807) is 19.0 Å². The molecule has 7 heteroatoms. The van der Waals surface area contributed by atoms with Crippen molar-refractivity contribution in [3.8, 4) is 0 Å². The van der Waals surface area contributed by atoms with Gasteiger partial charge in [0.1, 0.15) is 6.54 Å². The minimum absolute atomic E-state index is 0.0400. The van der Waals surface area contributed by atoms with Gasteiger partial charge in [-0.2, -0.15) is 0 Å². The number of carbonyl (C=O) groups excluding carboxylic acids is 1. The first-order valence-electron chi connectivity index (χ1n) is 11.6. The maximum absolute atomic E-state index is 12.1. The molecule has 166 valence electrons. The lowest BCUT2D eigenvalue weighted by molar-refractivity contribution is -0.127. The van der Waals surface area contributed by atoms with Crippen LogP contribution in [0, 0.1) is 5.41 Å². The first-order valence-corrected chi connectivity index (χ1v) is 11.6. The van der Waals surface area contributed by atoms with E-state index in [9.17, 15) is 4.79 Å². The molecule has 3 fully saturated rings. The molecule has 0 aromatic carbocycles. The van der Waals surface area contributed by atoms with Crippen molar-refractivity contribution >= 4 is 11.9 Å². The van der Waals surface area contributed by atoms with Gasteiger partial charge in [0.05, 0.1) is 13.2 Å². The summed E-state index contributed by atoms with van der Waals surface area (Å²) in [6.45, 7) is 6.06. The fourth-order valence-electron chi connectivity index (χ4n) is 4.90. The number of nitrogens with zero attached hydrogens (tertiary/aromatic N) is 3. The van der Waals surface area contributed by atoms with Gasteiger partial charge in [0.2, 0.25) is 5.91 Å². The number of carbonyl (C=O) groups is 1. The van der Waals surface area contributed by atoms with Crippen molar-refractivity contribution in [1.29, 1.82) is 0 Å². The van der Waals surface area contributed by atoms with Gasteiger partial charge in [-0.15, -0.1) is 0 Å². The standard InChI is InChI=1S/C22H41N5O2/c1-26(2)20(28)16-23-21(25-19-8-4-5-9-19)24-17-22(10-6-3-7-11-22)18-27-12-14-29-15-13-27/h19H,3-18H2,1-2H3,(H2,23,24,25). The average Bonchev–Trinajstić information content (AvgIpc) is 3.24. The van der Waals surface area contributed by atoms with E-state index in [1.807, 2.05) is 0 Å². The van der Waals surface area contributed by atoms with Crippen molar-refractivity contribution in [3.63, 3.8) is 0 Å². The normalized spacial score (nSPS) is 23.7. The van der Waals surface area contributed by atoms with Crippen LogP contribution in [0.2, 0.25) is 0 Å². The summed E-state index contributed by atoms with van der Waals surface area (Å²) in [5.74, 6) is 0.859. The summed E-state index contributed by atoms with van der Waals surface area (Å²) in [6, 6.07) is 0.484. The van der Waals surface area contributed by atoms with E-state index >= 15 is 0 Å². The summed E-state index contributed by atoms with van der Waals surface area (Å²) in [5.41, 5.74) is 0.291. The zero-order valence-electron chi connectivity index (χ0n) is 18.5. The van der Waals surface area contributed by atoms with Gasteiger partial charge in [0.15, 0.2) is 5.96 Å². The first kappa shape index (κ1) is 22.3. The fourth-order valence-corrected chi connectivity index (χ4v) is 4.90. The monoisotopic (exact) mass is 407 g/mol. The van der Waals surface area contributed by atoms with Crippen LogP contribution in [0.15, 0.2) is 4.99 Å². The zero-order valence-corrected chi connectivity index (χ0v) is 18.5. The summed E-state index contributed by atoms with van der Waals surface area (Å²) in [7, 11) is 3.57. The third-order valence-corrected chi connectivity index (χ3v) is 6.78. The van der Waals surface area contributed by atoms with Crippen molar-refractivity contribution in [3.05, 3.63) is 0 Å². The number of amides is 1. The van der Waals surface area contributed by atoms with E-state index in [1.165, 1.54) is 57.8 Å².